The van der Waals surface area contributed by atoms with E-state index in [0.29, 0.717) is 5.92 Å². The highest BCUT2D eigenvalue weighted by atomic mass is 16.5. The van der Waals surface area contributed by atoms with Crippen molar-refractivity contribution in [2.45, 2.75) is 26.8 Å². The number of hydrogen-bond acceptors (Lipinski definition) is 3. The molecule has 1 atom stereocenters. The lowest BCUT2D eigenvalue weighted by molar-refractivity contribution is 0.181. The van der Waals surface area contributed by atoms with Crippen LogP contribution in [0.2, 0.25) is 0 Å². The van der Waals surface area contributed by atoms with Gasteiger partial charge in [-0.2, -0.15) is 0 Å². The van der Waals surface area contributed by atoms with Gasteiger partial charge < -0.3 is 19.5 Å². The lowest BCUT2D eigenvalue weighted by atomic mass is 10.1. The predicted octanol–water partition coefficient (Wildman–Crippen LogP) is 2.28. The molecule has 1 aliphatic heterocycles. The number of nitrogens with zero attached hydrogens (tertiary/aromatic N) is 4. The number of rotatable bonds is 6. The van der Waals surface area contributed by atoms with Crippen LogP contribution >= 0.6 is 0 Å². The third-order valence-electron chi connectivity index (χ3n) is 4.68. The molecule has 6 nitrogen and oxygen atoms in total. The summed E-state index contributed by atoms with van der Waals surface area (Å²) in [7, 11) is 2.11. The first-order valence-electron chi connectivity index (χ1n) is 9.18. The van der Waals surface area contributed by atoms with E-state index in [4.69, 9.17) is 9.73 Å². The van der Waals surface area contributed by atoms with Gasteiger partial charge in [-0.25, -0.2) is 4.98 Å². The van der Waals surface area contributed by atoms with Gasteiger partial charge in [0.05, 0.1) is 24.2 Å². The Balaban J connectivity index is 1.65. The highest BCUT2D eigenvalue weighted by Crippen LogP contribution is 2.15. The fourth-order valence-electron chi connectivity index (χ4n) is 3.40. The number of aryl methyl sites for hydroxylation is 1. The highest BCUT2D eigenvalue weighted by Gasteiger charge is 2.19. The van der Waals surface area contributed by atoms with Crippen molar-refractivity contribution >= 4 is 17.0 Å². The number of imidazole rings is 1. The van der Waals surface area contributed by atoms with Gasteiger partial charge in [-0.3, -0.25) is 4.99 Å². The minimum atomic E-state index is 0.605. The number of aromatic nitrogens is 2. The quantitative estimate of drug-likeness (QED) is 0.646. The summed E-state index contributed by atoms with van der Waals surface area (Å²) in [6.45, 7) is 9.34. The molecule has 1 aromatic heterocycles. The molecule has 1 aliphatic rings. The molecule has 0 radical (unpaired) electrons. The summed E-state index contributed by atoms with van der Waals surface area (Å²) >= 11 is 0. The summed E-state index contributed by atoms with van der Waals surface area (Å²) in [5, 5.41) is 3.40. The van der Waals surface area contributed by atoms with Gasteiger partial charge in [-0.05, 0) is 32.4 Å². The van der Waals surface area contributed by atoms with Crippen LogP contribution in [0.3, 0.4) is 0 Å². The second-order valence-corrected chi connectivity index (χ2v) is 6.65. The lowest BCUT2D eigenvalue weighted by Gasteiger charge is -2.24. The molecule has 25 heavy (non-hydrogen) atoms. The number of guanidine groups is 1. The molecule has 0 amide bonds. The summed E-state index contributed by atoms with van der Waals surface area (Å²) in [6.07, 6.45) is 1.14. The molecule has 0 bridgehead atoms. The smallest absolute Gasteiger partial charge is 0.193 e. The van der Waals surface area contributed by atoms with Crippen molar-refractivity contribution in [1.82, 2.24) is 19.8 Å². The fraction of sp³-hybridized carbons (Fsp3) is 0.579. The van der Waals surface area contributed by atoms with Crippen molar-refractivity contribution in [3.8, 4) is 0 Å². The number of hydrogen-bond donors (Lipinski definition) is 1. The summed E-state index contributed by atoms with van der Waals surface area (Å²) in [6, 6.07) is 8.27. The minimum absolute atomic E-state index is 0.605. The summed E-state index contributed by atoms with van der Waals surface area (Å²) in [5.74, 6) is 2.61. The van der Waals surface area contributed by atoms with E-state index in [1.54, 1.807) is 0 Å². The van der Waals surface area contributed by atoms with Crippen molar-refractivity contribution in [3.05, 3.63) is 30.1 Å². The minimum Gasteiger partial charge on any atom is -0.381 e. The first-order valence-corrected chi connectivity index (χ1v) is 9.18. The molecule has 1 N–H and O–H groups in total. The second-order valence-electron chi connectivity index (χ2n) is 6.65. The lowest BCUT2D eigenvalue weighted by Crippen LogP contribution is -2.41. The van der Waals surface area contributed by atoms with Crippen LogP contribution in [0, 0.1) is 12.8 Å². The van der Waals surface area contributed by atoms with Crippen LogP contribution in [0.15, 0.2) is 29.3 Å². The second kappa shape index (κ2) is 8.34. The van der Waals surface area contributed by atoms with Crippen LogP contribution in [0.4, 0.5) is 0 Å². The zero-order valence-corrected chi connectivity index (χ0v) is 15.5. The molecule has 0 saturated carbocycles. The molecule has 1 saturated heterocycles. The molecule has 0 spiro atoms. The summed E-state index contributed by atoms with van der Waals surface area (Å²) in [4.78, 5) is 11.7. The van der Waals surface area contributed by atoms with Gasteiger partial charge in [-0.15, -0.1) is 0 Å². The molecule has 0 aliphatic carbocycles. The third kappa shape index (κ3) is 4.31. The molecule has 2 heterocycles. The molecule has 1 unspecified atom stereocenters. The van der Waals surface area contributed by atoms with Gasteiger partial charge in [0.1, 0.15) is 5.82 Å². The van der Waals surface area contributed by atoms with Gasteiger partial charge in [0, 0.05) is 39.2 Å². The Labute approximate surface area is 149 Å². The van der Waals surface area contributed by atoms with Crippen LogP contribution in [-0.4, -0.2) is 60.3 Å². The van der Waals surface area contributed by atoms with Gasteiger partial charge in [0.2, 0.25) is 0 Å². The molecule has 1 aromatic carbocycles. The van der Waals surface area contributed by atoms with E-state index in [-0.39, 0.29) is 0 Å². The topological polar surface area (TPSA) is 54.7 Å². The Morgan fingerprint density at radius 2 is 2.28 bits per heavy atom. The molecule has 1 fully saturated rings. The SMILES string of the molecule is CCNC(=NCCn1c(C)nc2ccccc21)N(C)CC1CCOC1. The maximum atomic E-state index is 5.48. The Kier molecular flexibility index (Phi) is 5.91. The van der Waals surface area contributed by atoms with E-state index in [0.717, 1.165) is 63.1 Å². The molecule has 3 rings (SSSR count). The average molecular weight is 343 g/mol. The van der Waals surface area contributed by atoms with Gasteiger partial charge in [0.15, 0.2) is 5.96 Å². The number of benzene rings is 1. The van der Waals surface area contributed by atoms with Crippen molar-refractivity contribution < 1.29 is 4.74 Å². The van der Waals surface area contributed by atoms with E-state index in [2.05, 4.69) is 58.9 Å². The number of nitrogens with one attached hydrogen (secondary N) is 1. The molecule has 136 valence electrons. The van der Waals surface area contributed by atoms with E-state index in [9.17, 15) is 0 Å². The van der Waals surface area contributed by atoms with Crippen molar-refractivity contribution in [2.75, 3.05) is 39.9 Å². The van der Waals surface area contributed by atoms with Crippen LogP contribution < -0.4 is 5.32 Å². The van der Waals surface area contributed by atoms with E-state index >= 15 is 0 Å². The first kappa shape index (κ1) is 17.7. The van der Waals surface area contributed by atoms with Crippen LogP contribution in [0.1, 0.15) is 19.2 Å². The van der Waals surface area contributed by atoms with Gasteiger partial charge >= 0.3 is 0 Å². The zero-order chi connectivity index (χ0) is 17.6. The van der Waals surface area contributed by atoms with Crippen molar-refractivity contribution in [2.24, 2.45) is 10.9 Å². The average Bonchev–Trinajstić information content (AvgIpc) is 3.22. The van der Waals surface area contributed by atoms with Gasteiger partial charge in [0.25, 0.3) is 0 Å². The number of aliphatic imine (C=N–C) groups is 1. The number of fused-ring (bicyclic) bond motifs is 1. The van der Waals surface area contributed by atoms with E-state index in [1.807, 2.05) is 6.07 Å². The van der Waals surface area contributed by atoms with Gasteiger partial charge in [-0.1, -0.05) is 12.1 Å². The molecule has 2 aromatic rings. The maximum absolute atomic E-state index is 5.48. The zero-order valence-electron chi connectivity index (χ0n) is 15.5. The monoisotopic (exact) mass is 343 g/mol. The Bertz CT molecular complexity index is 718. The molecule has 6 heteroatoms. The fourth-order valence-corrected chi connectivity index (χ4v) is 3.40. The normalized spacial score (nSPS) is 18.0. The Morgan fingerprint density at radius 3 is 3.04 bits per heavy atom. The van der Waals surface area contributed by atoms with Crippen molar-refractivity contribution in [1.29, 1.82) is 0 Å². The largest absolute Gasteiger partial charge is 0.381 e. The summed E-state index contributed by atoms with van der Waals surface area (Å²) < 4.78 is 7.73. The van der Waals surface area contributed by atoms with E-state index in [1.165, 1.54) is 5.52 Å². The van der Waals surface area contributed by atoms with Crippen LogP contribution in [0.5, 0.6) is 0 Å². The summed E-state index contributed by atoms with van der Waals surface area (Å²) in [5.41, 5.74) is 2.23. The predicted molar refractivity (Wildman–Crippen MR) is 102 cm³/mol. The standard InChI is InChI=1S/C19H29N5O/c1-4-20-19(23(3)13-16-9-12-25-14-16)21-10-11-24-15(2)22-17-7-5-6-8-18(17)24/h5-8,16H,4,9-14H2,1-3H3,(H,20,21). The first-order chi connectivity index (χ1) is 12.2. The number of ether oxygens (including phenoxy) is 1. The highest BCUT2D eigenvalue weighted by molar-refractivity contribution is 5.79. The van der Waals surface area contributed by atoms with Crippen LogP contribution in [0.25, 0.3) is 11.0 Å². The Hall–Kier alpha value is -2.08. The third-order valence-corrected chi connectivity index (χ3v) is 4.68. The van der Waals surface area contributed by atoms with E-state index < -0.39 is 0 Å². The molecular formula is C19H29N5O. The van der Waals surface area contributed by atoms with Crippen LogP contribution in [-0.2, 0) is 11.3 Å². The Morgan fingerprint density at radius 1 is 1.44 bits per heavy atom. The molecular weight excluding hydrogens is 314 g/mol. The number of para-hydroxylation sites is 2. The van der Waals surface area contributed by atoms with Crippen molar-refractivity contribution in [3.63, 3.8) is 0 Å². The maximum Gasteiger partial charge on any atom is 0.193 e.